The zero-order valence-corrected chi connectivity index (χ0v) is 15.6. The van der Waals surface area contributed by atoms with Crippen LogP contribution in [0.4, 0.5) is 0 Å². The molecule has 9 bridgehead atoms. The Bertz CT molecular complexity index is 732. The van der Waals surface area contributed by atoms with Crippen molar-refractivity contribution in [3.05, 3.63) is 11.6 Å². The minimum absolute atomic E-state index is 0.712. The summed E-state index contributed by atoms with van der Waals surface area (Å²) in [4.78, 5) is 0. The van der Waals surface area contributed by atoms with E-state index in [-0.39, 0.29) is 0 Å². The average Bonchev–Trinajstić information content (AvgIpc) is 2.89. The lowest BCUT2D eigenvalue weighted by atomic mass is 9.34. The van der Waals surface area contributed by atoms with E-state index < -0.39 is 0 Å². The van der Waals surface area contributed by atoms with Gasteiger partial charge in [0.15, 0.2) is 0 Å². The van der Waals surface area contributed by atoms with Crippen LogP contribution in [0.5, 0.6) is 0 Å². The molecule has 0 radical (unpaired) electrons. The van der Waals surface area contributed by atoms with Crippen LogP contribution in [0.1, 0.15) is 59.3 Å². The minimum atomic E-state index is 0.712. The summed E-state index contributed by atoms with van der Waals surface area (Å²) in [5.74, 6) is 10.9. The molecule has 0 heterocycles. The molecule has 128 valence electrons. The average molecular weight is 321 g/mol. The van der Waals surface area contributed by atoms with Crippen molar-refractivity contribution in [3.63, 3.8) is 0 Å². The number of rotatable bonds is 0. The highest BCUT2D eigenvalue weighted by atomic mass is 14.9. The summed E-state index contributed by atoms with van der Waals surface area (Å²) in [5, 5.41) is 0. The van der Waals surface area contributed by atoms with Gasteiger partial charge in [0, 0.05) is 5.41 Å². The van der Waals surface area contributed by atoms with E-state index in [1.165, 1.54) is 0 Å². The van der Waals surface area contributed by atoms with E-state index >= 15 is 0 Å². The molecule has 0 aromatic rings. The monoisotopic (exact) mass is 320 g/mol. The molecule has 0 heteroatoms. The van der Waals surface area contributed by atoms with Gasteiger partial charge in [-0.15, -0.1) is 0 Å². The van der Waals surface area contributed by atoms with Gasteiger partial charge in [-0.05, 0) is 109 Å². The summed E-state index contributed by atoms with van der Waals surface area (Å²) >= 11 is 0. The lowest BCUT2D eigenvalue weighted by Gasteiger charge is -2.70. The van der Waals surface area contributed by atoms with Gasteiger partial charge in [-0.3, -0.25) is 0 Å². The highest BCUT2D eigenvalue weighted by molar-refractivity contribution is 5.48. The van der Waals surface area contributed by atoms with E-state index in [0.29, 0.717) is 5.41 Å². The molecule has 0 amide bonds. The molecule has 0 aromatic carbocycles. The molecule has 8 fully saturated rings. The second-order valence-electron chi connectivity index (χ2n) is 12.4. The van der Waals surface area contributed by atoms with Crippen molar-refractivity contribution in [1.82, 2.24) is 0 Å². The summed E-state index contributed by atoms with van der Waals surface area (Å²) < 4.78 is 0. The molecule has 0 aliphatic heterocycles. The Kier molecular flexibility index (Phi) is 1.75. The van der Waals surface area contributed by atoms with E-state index in [9.17, 15) is 0 Å². The SMILES string of the molecule is CC1C=C2C3C4CC5CC(C53)C3C5CC(C)CC6(C1)C4C3(C)CC256. The van der Waals surface area contributed by atoms with Crippen LogP contribution < -0.4 is 0 Å². The van der Waals surface area contributed by atoms with Crippen LogP contribution in [-0.2, 0) is 0 Å². The molecule has 0 N–H and O–H groups in total. The highest BCUT2D eigenvalue weighted by Crippen LogP contribution is 2.95. The molecule has 13 atom stereocenters. The predicted octanol–water partition coefficient (Wildman–Crippen LogP) is 5.54. The van der Waals surface area contributed by atoms with Crippen molar-refractivity contribution in [1.29, 1.82) is 0 Å². The second-order valence-corrected chi connectivity index (χ2v) is 12.4. The summed E-state index contributed by atoms with van der Waals surface area (Å²) in [5.41, 5.74) is 4.30. The second kappa shape index (κ2) is 3.22. The standard InChI is InChI=1S/C24H32/c1-11-4-16-19-15-7-13-6-14(18(13)19)20-17-5-12(2)9-23(8-11)21(15)22(20,3)10-24(16,17)23/h4,11-15,17-21H,5-10H2,1-3H3. The van der Waals surface area contributed by atoms with Crippen LogP contribution in [0, 0.1) is 75.4 Å². The van der Waals surface area contributed by atoms with E-state index in [4.69, 9.17) is 0 Å². The van der Waals surface area contributed by atoms with Gasteiger partial charge in [0.2, 0.25) is 0 Å². The van der Waals surface area contributed by atoms with Gasteiger partial charge in [0.25, 0.3) is 0 Å². The fraction of sp³-hybridized carbons (Fsp3) is 0.917. The molecule has 1 spiro atoms. The van der Waals surface area contributed by atoms with Crippen LogP contribution >= 0.6 is 0 Å². The van der Waals surface area contributed by atoms with Gasteiger partial charge in [0.1, 0.15) is 0 Å². The molecule has 8 saturated carbocycles. The molecule has 13 unspecified atom stereocenters. The Hall–Kier alpha value is -0.260. The normalized spacial score (nSPS) is 77.5. The van der Waals surface area contributed by atoms with Crippen molar-refractivity contribution in [2.45, 2.75) is 59.3 Å². The maximum Gasteiger partial charge on any atom is 0.00113 e. The van der Waals surface area contributed by atoms with Gasteiger partial charge < -0.3 is 0 Å². The predicted molar refractivity (Wildman–Crippen MR) is 95.0 cm³/mol. The summed E-state index contributed by atoms with van der Waals surface area (Å²) in [7, 11) is 0. The maximum atomic E-state index is 2.90. The zero-order chi connectivity index (χ0) is 15.8. The topological polar surface area (TPSA) is 0 Å². The van der Waals surface area contributed by atoms with E-state index in [0.717, 1.165) is 70.0 Å². The van der Waals surface area contributed by atoms with E-state index in [2.05, 4.69) is 32.4 Å². The third kappa shape index (κ3) is 0.886. The molecule has 9 aliphatic carbocycles. The van der Waals surface area contributed by atoms with Crippen LogP contribution in [0.25, 0.3) is 0 Å². The van der Waals surface area contributed by atoms with Gasteiger partial charge in [-0.1, -0.05) is 32.4 Å². The summed E-state index contributed by atoms with van der Waals surface area (Å²) in [6.07, 6.45) is 12.6. The number of hydrogen-bond acceptors (Lipinski definition) is 0. The molecule has 9 rings (SSSR count). The van der Waals surface area contributed by atoms with Crippen molar-refractivity contribution in [3.8, 4) is 0 Å². The molecule has 9 aliphatic rings. The van der Waals surface area contributed by atoms with Gasteiger partial charge in [0.05, 0.1) is 0 Å². The molecule has 0 aromatic heterocycles. The lowest BCUT2D eigenvalue weighted by molar-refractivity contribution is -0.190. The Morgan fingerprint density at radius 3 is 2.75 bits per heavy atom. The fourth-order valence-electron chi connectivity index (χ4n) is 12.9. The maximum absolute atomic E-state index is 2.90. The number of allylic oxidation sites excluding steroid dienone is 2. The molecule has 0 saturated heterocycles. The lowest BCUT2D eigenvalue weighted by Crippen LogP contribution is -2.64. The quantitative estimate of drug-likeness (QED) is 0.514. The van der Waals surface area contributed by atoms with Crippen molar-refractivity contribution in [2.75, 3.05) is 0 Å². The van der Waals surface area contributed by atoms with E-state index in [1.54, 1.807) is 38.5 Å². The van der Waals surface area contributed by atoms with Crippen LogP contribution in [0.2, 0.25) is 0 Å². The van der Waals surface area contributed by atoms with Crippen molar-refractivity contribution in [2.24, 2.45) is 75.4 Å². The fourth-order valence-corrected chi connectivity index (χ4v) is 12.9. The molecular weight excluding hydrogens is 288 g/mol. The smallest absolute Gasteiger partial charge is 0.00113 e. The Morgan fingerprint density at radius 2 is 1.88 bits per heavy atom. The first kappa shape index (κ1) is 13.0. The summed E-state index contributed by atoms with van der Waals surface area (Å²) in [6.45, 7) is 8.03. The Balaban J connectivity index is 1.54. The first-order valence-electron chi connectivity index (χ1n) is 11.2. The van der Waals surface area contributed by atoms with Crippen molar-refractivity contribution < 1.29 is 0 Å². The van der Waals surface area contributed by atoms with Crippen LogP contribution in [0.15, 0.2) is 11.6 Å². The molecule has 0 nitrogen and oxygen atoms in total. The minimum Gasteiger partial charge on any atom is -0.0816 e. The first-order chi connectivity index (χ1) is 11.5. The van der Waals surface area contributed by atoms with E-state index in [1.807, 2.05) is 0 Å². The van der Waals surface area contributed by atoms with Crippen molar-refractivity contribution >= 4 is 0 Å². The van der Waals surface area contributed by atoms with Gasteiger partial charge in [-0.2, -0.15) is 0 Å². The summed E-state index contributed by atoms with van der Waals surface area (Å²) in [6, 6.07) is 0. The molecular formula is C24H32. The number of hydrogen-bond donors (Lipinski definition) is 0. The first-order valence-corrected chi connectivity index (χ1v) is 11.2. The third-order valence-corrected chi connectivity index (χ3v) is 12.0. The highest BCUT2D eigenvalue weighted by Gasteiger charge is 2.89. The molecule has 24 heavy (non-hydrogen) atoms. The Labute approximate surface area is 146 Å². The Morgan fingerprint density at radius 1 is 1.04 bits per heavy atom. The van der Waals surface area contributed by atoms with Crippen LogP contribution in [-0.4, -0.2) is 0 Å². The third-order valence-electron chi connectivity index (χ3n) is 12.0. The zero-order valence-electron chi connectivity index (χ0n) is 15.6. The van der Waals surface area contributed by atoms with Crippen LogP contribution in [0.3, 0.4) is 0 Å². The van der Waals surface area contributed by atoms with Gasteiger partial charge >= 0.3 is 0 Å². The van der Waals surface area contributed by atoms with Gasteiger partial charge in [-0.25, -0.2) is 0 Å². The largest absolute Gasteiger partial charge is 0.0816 e.